The molecule has 5 rings (SSSR count). The highest BCUT2D eigenvalue weighted by Crippen LogP contribution is 2.31. The first-order valence-electron chi connectivity index (χ1n) is 14.2. The van der Waals surface area contributed by atoms with E-state index in [9.17, 15) is 8.78 Å². The van der Waals surface area contributed by atoms with Gasteiger partial charge in [-0.1, -0.05) is 45.4 Å². The fourth-order valence-electron chi connectivity index (χ4n) is 4.53. The number of para-hydroxylation sites is 1. The smallest absolute Gasteiger partial charge is 0.222 e. The Morgan fingerprint density at radius 3 is 2.56 bits per heavy atom. The van der Waals surface area contributed by atoms with E-state index in [2.05, 4.69) is 35.8 Å². The summed E-state index contributed by atoms with van der Waals surface area (Å²) in [7, 11) is 0. The molecule has 1 unspecified atom stereocenters. The number of benzene rings is 2. The van der Waals surface area contributed by atoms with Crippen LogP contribution in [0, 0.1) is 24.5 Å². The fraction of sp³-hybridized carbons (Fsp3) is 0.375. The molecular formula is C32H39F2N5O2. The Hall–Kier alpha value is -3.98. The molecule has 2 aromatic carbocycles. The molecule has 0 aliphatic carbocycles. The molecular weight excluding hydrogens is 524 g/mol. The zero-order valence-corrected chi connectivity index (χ0v) is 24.2. The van der Waals surface area contributed by atoms with Crippen molar-refractivity contribution in [3.05, 3.63) is 78.1 Å². The minimum atomic E-state index is -0.530. The Morgan fingerprint density at radius 2 is 1.88 bits per heavy atom. The molecule has 0 saturated carbocycles. The first kappa shape index (κ1) is 30.0. The van der Waals surface area contributed by atoms with Crippen LogP contribution in [0.4, 0.5) is 14.7 Å². The highest BCUT2D eigenvalue weighted by Gasteiger charge is 2.15. The van der Waals surface area contributed by atoms with Gasteiger partial charge in [0, 0.05) is 18.0 Å². The van der Waals surface area contributed by atoms with Gasteiger partial charge in [0.15, 0.2) is 5.76 Å². The lowest BCUT2D eigenvalue weighted by Crippen LogP contribution is -2.31. The van der Waals surface area contributed by atoms with E-state index in [1.165, 1.54) is 25.0 Å². The van der Waals surface area contributed by atoms with Crippen molar-refractivity contribution in [3.63, 3.8) is 0 Å². The maximum absolute atomic E-state index is 12.3. The summed E-state index contributed by atoms with van der Waals surface area (Å²) in [5, 5.41) is 5.52. The van der Waals surface area contributed by atoms with Gasteiger partial charge >= 0.3 is 0 Å². The third-order valence-corrected chi connectivity index (χ3v) is 7.18. The van der Waals surface area contributed by atoms with Crippen molar-refractivity contribution in [2.45, 2.75) is 47.0 Å². The number of nitrogens with two attached hydrogens (primary N) is 1. The Morgan fingerprint density at radius 1 is 1.05 bits per heavy atom. The summed E-state index contributed by atoms with van der Waals surface area (Å²) >= 11 is 0. The van der Waals surface area contributed by atoms with Crippen LogP contribution in [0.15, 0.2) is 65.3 Å². The molecule has 0 radical (unpaired) electrons. The van der Waals surface area contributed by atoms with E-state index < -0.39 is 11.6 Å². The van der Waals surface area contributed by atoms with E-state index >= 15 is 0 Å². The van der Waals surface area contributed by atoms with Crippen molar-refractivity contribution >= 4 is 22.4 Å². The normalized spacial score (nSPS) is 12.1. The van der Waals surface area contributed by atoms with Gasteiger partial charge in [0.2, 0.25) is 5.95 Å². The van der Waals surface area contributed by atoms with Crippen LogP contribution in [0.5, 0.6) is 5.75 Å². The second kappa shape index (κ2) is 14.1. The van der Waals surface area contributed by atoms with Gasteiger partial charge in [0.1, 0.15) is 35.2 Å². The molecule has 1 atom stereocenters. The molecule has 0 amide bonds. The van der Waals surface area contributed by atoms with E-state index in [1.54, 1.807) is 17.7 Å². The zero-order chi connectivity index (χ0) is 29.4. The van der Waals surface area contributed by atoms with Crippen LogP contribution in [0.25, 0.3) is 27.9 Å². The molecule has 9 heteroatoms. The monoisotopic (exact) mass is 563 g/mol. The van der Waals surface area contributed by atoms with Crippen molar-refractivity contribution in [1.82, 2.24) is 19.5 Å². The second-order valence-corrected chi connectivity index (χ2v) is 10.3. The zero-order valence-electron chi connectivity index (χ0n) is 24.2. The molecule has 3 aromatic heterocycles. The SMILES string of the molecule is CCCN(CCOc1cccc2c1nc(N)n1nc(-c3ccco3)cc21)CCC(C)CC.Cc1ccc(F)cc1F. The van der Waals surface area contributed by atoms with Crippen LogP contribution in [-0.2, 0) is 0 Å². The number of fused-ring (bicyclic) bond motifs is 3. The number of furan rings is 1. The predicted octanol–water partition coefficient (Wildman–Crippen LogP) is 7.52. The largest absolute Gasteiger partial charge is 0.490 e. The summed E-state index contributed by atoms with van der Waals surface area (Å²) in [6.45, 7) is 12.1. The lowest BCUT2D eigenvalue weighted by molar-refractivity contribution is 0.200. The van der Waals surface area contributed by atoms with Gasteiger partial charge in [0.25, 0.3) is 0 Å². The van der Waals surface area contributed by atoms with Crippen molar-refractivity contribution in [1.29, 1.82) is 0 Å². The van der Waals surface area contributed by atoms with Gasteiger partial charge in [-0.05, 0) is 74.7 Å². The van der Waals surface area contributed by atoms with Crippen LogP contribution < -0.4 is 10.5 Å². The topological polar surface area (TPSA) is 81.8 Å². The number of nitrogens with zero attached hydrogens (tertiary/aromatic N) is 4. The molecule has 0 spiro atoms. The first-order valence-corrected chi connectivity index (χ1v) is 14.2. The molecule has 218 valence electrons. The van der Waals surface area contributed by atoms with E-state index in [0.717, 1.165) is 65.9 Å². The van der Waals surface area contributed by atoms with Crippen LogP contribution in [0.1, 0.15) is 45.6 Å². The Bertz CT molecular complexity index is 1550. The number of aromatic nitrogens is 3. The Labute approximate surface area is 239 Å². The van der Waals surface area contributed by atoms with Crippen LogP contribution in [0.2, 0.25) is 0 Å². The van der Waals surface area contributed by atoms with Crippen LogP contribution in [-0.4, -0.2) is 45.7 Å². The number of anilines is 1. The minimum Gasteiger partial charge on any atom is -0.490 e. The maximum Gasteiger partial charge on any atom is 0.222 e. The van der Waals surface area contributed by atoms with E-state index in [-0.39, 0.29) is 0 Å². The molecule has 5 aromatic rings. The summed E-state index contributed by atoms with van der Waals surface area (Å²) < 4.78 is 37.8. The fourth-order valence-corrected chi connectivity index (χ4v) is 4.53. The lowest BCUT2D eigenvalue weighted by Gasteiger charge is -2.23. The van der Waals surface area contributed by atoms with Gasteiger partial charge in [-0.25, -0.2) is 13.8 Å². The van der Waals surface area contributed by atoms with Gasteiger partial charge in [-0.3, -0.25) is 4.90 Å². The molecule has 0 fully saturated rings. The number of ether oxygens (including phenoxy) is 1. The lowest BCUT2D eigenvalue weighted by atomic mass is 10.1. The third kappa shape index (κ3) is 7.61. The van der Waals surface area contributed by atoms with Crippen LogP contribution >= 0.6 is 0 Å². The summed E-state index contributed by atoms with van der Waals surface area (Å²) in [5.74, 6) is 1.50. The number of halogens is 2. The van der Waals surface area contributed by atoms with Crippen molar-refractivity contribution in [2.24, 2.45) is 5.92 Å². The van der Waals surface area contributed by atoms with Gasteiger partial charge < -0.3 is 14.9 Å². The maximum atomic E-state index is 12.3. The second-order valence-electron chi connectivity index (χ2n) is 10.3. The van der Waals surface area contributed by atoms with Crippen molar-refractivity contribution < 1.29 is 17.9 Å². The average Bonchev–Trinajstić information content (AvgIpc) is 3.66. The quantitative estimate of drug-likeness (QED) is 0.179. The highest BCUT2D eigenvalue weighted by atomic mass is 19.1. The van der Waals surface area contributed by atoms with E-state index in [0.29, 0.717) is 23.9 Å². The Balaban J connectivity index is 0.000000367. The van der Waals surface area contributed by atoms with E-state index in [1.807, 2.05) is 36.4 Å². The number of nitrogen functional groups attached to an aromatic ring is 1. The molecule has 0 saturated heterocycles. The highest BCUT2D eigenvalue weighted by molar-refractivity contribution is 5.98. The third-order valence-electron chi connectivity index (χ3n) is 7.18. The summed E-state index contributed by atoms with van der Waals surface area (Å²) in [6.07, 6.45) is 5.23. The number of aryl methyl sites for hydroxylation is 1. The Kier molecular flexibility index (Phi) is 10.3. The van der Waals surface area contributed by atoms with Gasteiger partial charge in [0.05, 0.1) is 11.8 Å². The molecule has 0 aliphatic rings. The average molecular weight is 564 g/mol. The molecule has 3 heterocycles. The number of rotatable bonds is 11. The summed E-state index contributed by atoms with van der Waals surface area (Å²) in [6, 6.07) is 15.2. The molecule has 7 nitrogen and oxygen atoms in total. The summed E-state index contributed by atoms with van der Waals surface area (Å²) in [4.78, 5) is 7.10. The molecule has 41 heavy (non-hydrogen) atoms. The standard InChI is InChI=1S/C25H33N5O2.C7H6F2/c1-4-12-29(13-11-18(3)5-2)14-16-32-23-9-6-8-19-21-17-20(22-10-7-15-31-22)28-30(21)25(26)27-24(19)23;1-5-2-3-6(8)4-7(5)9/h6-10,15,17-18H,4-5,11-14,16H2,1-3H3,(H2,26,27);2-4H,1H3. The predicted molar refractivity (Wildman–Crippen MR) is 160 cm³/mol. The van der Waals surface area contributed by atoms with Crippen molar-refractivity contribution in [3.8, 4) is 17.2 Å². The molecule has 0 bridgehead atoms. The first-order chi connectivity index (χ1) is 19.8. The molecule has 0 aliphatic heterocycles. The molecule has 2 N–H and O–H groups in total. The number of hydrogen-bond acceptors (Lipinski definition) is 6. The van der Waals surface area contributed by atoms with Gasteiger partial charge in [-0.2, -0.15) is 9.61 Å². The van der Waals surface area contributed by atoms with Crippen molar-refractivity contribution in [2.75, 3.05) is 32.0 Å². The van der Waals surface area contributed by atoms with E-state index in [4.69, 9.17) is 14.9 Å². The summed E-state index contributed by atoms with van der Waals surface area (Å²) in [5.41, 5.74) is 9.08. The van der Waals surface area contributed by atoms with Crippen LogP contribution in [0.3, 0.4) is 0 Å². The van der Waals surface area contributed by atoms with Gasteiger partial charge in [-0.15, -0.1) is 0 Å². The minimum absolute atomic E-state index is 0.322. The number of hydrogen-bond donors (Lipinski definition) is 1.